The Labute approximate surface area is 169 Å². The first-order valence-corrected chi connectivity index (χ1v) is 9.63. The third kappa shape index (κ3) is 4.29. The zero-order valence-corrected chi connectivity index (χ0v) is 15.9. The largest absolute Gasteiger partial charge is 0.455 e. The second kappa shape index (κ2) is 8.19. The average Bonchev–Trinajstić information content (AvgIpc) is 3.57. The highest BCUT2D eigenvalue weighted by atomic mass is 16.5. The fourth-order valence-electron chi connectivity index (χ4n) is 3.15. The summed E-state index contributed by atoms with van der Waals surface area (Å²) in [4.78, 5) is 25.6. The third-order valence-electron chi connectivity index (χ3n) is 5.02. The lowest BCUT2D eigenvalue weighted by molar-refractivity contribution is -0.134. The molecular formula is C24H22N2O3. The zero-order valence-electron chi connectivity index (χ0n) is 15.9. The van der Waals surface area contributed by atoms with Crippen molar-refractivity contribution in [2.24, 2.45) is 5.41 Å². The van der Waals surface area contributed by atoms with Crippen LogP contribution in [0.1, 0.15) is 18.4 Å². The van der Waals surface area contributed by atoms with Gasteiger partial charge in [-0.2, -0.15) is 0 Å². The van der Waals surface area contributed by atoms with E-state index in [1.54, 1.807) is 12.1 Å². The highest BCUT2D eigenvalue weighted by Gasteiger charge is 2.56. The Kier molecular flexibility index (Phi) is 5.29. The highest BCUT2D eigenvalue weighted by molar-refractivity contribution is 6.13. The van der Waals surface area contributed by atoms with Gasteiger partial charge in [-0.15, -0.1) is 0 Å². The van der Waals surface area contributed by atoms with Crippen LogP contribution >= 0.6 is 0 Å². The Bertz CT molecular complexity index is 999. The van der Waals surface area contributed by atoms with Crippen molar-refractivity contribution >= 4 is 17.5 Å². The van der Waals surface area contributed by atoms with Crippen molar-refractivity contribution in [2.75, 3.05) is 5.32 Å². The van der Waals surface area contributed by atoms with Crippen LogP contribution in [0.5, 0.6) is 11.5 Å². The second-order valence-corrected chi connectivity index (χ2v) is 7.12. The van der Waals surface area contributed by atoms with Gasteiger partial charge in [0.25, 0.3) is 0 Å². The van der Waals surface area contributed by atoms with Crippen molar-refractivity contribution in [3.05, 3.63) is 90.5 Å². The van der Waals surface area contributed by atoms with E-state index in [4.69, 9.17) is 4.74 Å². The molecule has 1 saturated carbocycles. The fraction of sp³-hybridized carbons (Fsp3) is 0.167. The molecule has 1 aliphatic carbocycles. The molecule has 1 aliphatic rings. The average molecular weight is 386 g/mol. The monoisotopic (exact) mass is 386 g/mol. The van der Waals surface area contributed by atoms with Crippen LogP contribution in [0.15, 0.2) is 84.9 Å². The van der Waals surface area contributed by atoms with Crippen LogP contribution in [0.4, 0.5) is 5.69 Å². The molecule has 0 atom stereocenters. The molecule has 0 heterocycles. The smallest absolute Gasteiger partial charge is 0.240 e. The van der Waals surface area contributed by atoms with Crippen LogP contribution in [0.25, 0.3) is 0 Å². The topological polar surface area (TPSA) is 67.4 Å². The van der Waals surface area contributed by atoms with Gasteiger partial charge in [0, 0.05) is 6.54 Å². The van der Waals surface area contributed by atoms with E-state index >= 15 is 0 Å². The predicted molar refractivity (Wildman–Crippen MR) is 112 cm³/mol. The van der Waals surface area contributed by atoms with E-state index in [0.29, 0.717) is 36.6 Å². The molecule has 0 bridgehead atoms. The summed E-state index contributed by atoms with van der Waals surface area (Å²) in [5, 5.41) is 5.78. The van der Waals surface area contributed by atoms with Crippen LogP contribution < -0.4 is 15.4 Å². The molecule has 0 aromatic heterocycles. The molecule has 2 amide bonds. The van der Waals surface area contributed by atoms with Gasteiger partial charge >= 0.3 is 0 Å². The van der Waals surface area contributed by atoms with Gasteiger partial charge in [0.15, 0.2) is 5.75 Å². The molecule has 0 saturated heterocycles. The number of rotatable bonds is 7. The summed E-state index contributed by atoms with van der Waals surface area (Å²) in [6.45, 7) is 0.405. The Morgan fingerprint density at radius 3 is 2.10 bits per heavy atom. The summed E-state index contributed by atoms with van der Waals surface area (Å²) >= 11 is 0. The molecule has 0 spiro atoms. The number of hydrogen-bond donors (Lipinski definition) is 2. The summed E-state index contributed by atoms with van der Waals surface area (Å²) in [5.41, 5.74) is 0.538. The highest BCUT2D eigenvalue weighted by Crippen LogP contribution is 2.47. The van der Waals surface area contributed by atoms with Crippen molar-refractivity contribution in [1.82, 2.24) is 5.32 Å². The standard InChI is InChI=1S/C24H22N2O3/c27-22(25-17-18-9-3-1-4-10-18)24(15-16-24)23(28)26-20-13-7-8-14-21(20)29-19-11-5-2-6-12-19/h1-14H,15-17H2,(H,25,27)(H,26,28). The summed E-state index contributed by atoms with van der Waals surface area (Å²) < 4.78 is 5.89. The molecule has 2 N–H and O–H groups in total. The first kappa shape index (κ1) is 18.7. The van der Waals surface area contributed by atoms with E-state index in [1.807, 2.05) is 72.8 Å². The predicted octanol–water partition coefficient (Wildman–Crippen LogP) is 4.51. The van der Waals surface area contributed by atoms with E-state index in [0.717, 1.165) is 5.56 Å². The van der Waals surface area contributed by atoms with Crippen LogP contribution in [-0.2, 0) is 16.1 Å². The summed E-state index contributed by atoms with van der Waals surface area (Å²) in [6.07, 6.45) is 1.09. The number of amides is 2. The van der Waals surface area contributed by atoms with Gasteiger partial charge < -0.3 is 15.4 Å². The maximum atomic E-state index is 12.9. The number of anilines is 1. The molecule has 3 aromatic carbocycles. The van der Waals surface area contributed by atoms with E-state index in [2.05, 4.69) is 10.6 Å². The number of para-hydroxylation sites is 3. The second-order valence-electron chi connectivity index (χ2n) is 7.12. The normalized spacial score (nSPS) is 13.9. The summed E-state index contributed by atoms with van der Waals surface area (Å²) in [5.74, 6) is 0.677. The number of carbonyl (C=O) groups is 2. The maximum Gasteiger partial charge on any atom is 0.240 e. The van der Waals surface area contributed by atoms with Crippen LogP contribution in [0, 0.1) is 5.41 Å². The zero-order chi connectivity index (χ0) is 20.1. The SMILES string of the molecule is O=C(NCc1ccccc1)C1(C(=O)Nc2ccccc2Oc2ccccc2)CC1. The van der Waals surface area contributed by atoms with Crippen LogP contribution in [0.3, 0.4) is 0 Å². The molecule has 146 valence electrons. The quantitative estimate of drug-likeness (QED) is 0.587. The van der Waals surface area contributed by atoms with Gasteiger partial charge in [0.05, 0.1) is 5.69 Å². The van der Waals surface area contributed by atoms with E-state index < -0.39 is 5.41 Å². The molecule has 0 radical (unpaired) electrons. The van der Waals surface area contributed by atoms with E-state index in [9.17, 15) is 9.59 Å². The minimum atomic E-state index is -1.01. The molecule has 5 heteroatoms. The van der Waals surface area contributed by atoms with Gasteiger partial charge in [-0.05, 0) is 42.7 Å². The number of carbonyl (C=O) groups excluding carboxylic acids is 2. The van der Waals surface area contributed by atoms with Crippen molar-refractivity contribution in [3.63, 3.8) is 0 Å². The molecule has 29 heavy (non-hydrogen) atoms. The van der Waals surface area contributed by atoms with Gasteiger partial charge in [0.1, 0.15) is 11.2 Å². The molecule has 4 rings (SSSR count). The first-order chi connectivity index (χ1) is 14.2. The van der Waals surface area contributed by atoms with Gasteiger partial charge in [-0.1, -0.05) is 60.7 Å². The van der Waals surface area contributed by atoms with Gasteiger partial charge in [-0.25, -0.2) is 0 Å². The lowest BCUT2D eigenvalue weighted by Crippen LogP contribution is -2.39. The Morgan fingerprint density at radius 1 is 0.793 bits per heavy atom. The summed E-state index contributed by atoms with van der Waals surface area (Å²) in [7, 11) is 0. The lowest BCUT2D eigenvalue weighted by atomic mass is 10.0. The third-order valence-corrected chi connectivity index (χ3v) is 5.02. The number of ether oxygens (including phenoxy) is 1. The molecule has 0 unspecified atom stereocenters. The van der Waals surface area contributed by atoms with E-state index in [-0.39, 0.29) is 11.8 Å². The van der Waals surface area contributed by atoms with Crippen LogP contribution in [-0.4, -0.2) is 11.8 Å². The number of benzene rings is 3. The van der Waals surface area contributed by atoms with E-state index in [1.165, 1.54) is 0 Å². The summed E-state index contributed by atoms with van der Waals surface area (Å²) in [6, 6.07) is 26.2. The van der Waals surface area contributed by atoms with Gasteiger partial charge in [0.2, 0.25) is 11.8 Å². The fourth-order valence-corrected chi connectivity index (χ4v) is 3.15. The lowest BCUT2D eigenvalue weighted by Gasteiger charge is -2.17. The van der Waals surface area contributed by atoms with Crippen molar-refractivity contribution < 1.29 is 14.3 Å². The minimum Gasteiger partial charge on any atom is -0.455 e. The molecule has 1 fully saturated rings. The first-order valence-electron chi connectivity index (χ1n) is 9.63. The van der Waals surface area contributed by atoms with Crippen molar-refractivity contribution in [2.45, 2.75) is 19.4 Å². The van der Waals surface area contributed by atoms with Crippen molar-refractivity contribution in [3.8, 4) is 11.5 Å². The van der Waals surface area contributed by atoms with Gasteiger partial charge in [-0.3, -0.25) is 9.59 Å². The van der Waals surface area contributed by atoms with Crippen LogP contribution in [0.2, 0.25) is 0 Å². The van der Waals surface area contributed by atoms with Crippen molar-refractivity contribution in [1.29, 1.82) is 0 Å². The number of nitrogens with one attached hydrogen (secondary N) is 2. The molecular weight excluding hydrogens is 364 g/mol. The Morgan fingerprint density at radius 2 is 1.41 bits per heavy atom. The molecule has 3 aromatic rings. The number of hydrogen-bond acceptors (Lipinski definition) is 3. The Hall–Kier alpha value is -3.60. The minimum absolute atomic E-state index is 0.236. The molecule has 0 aliphatic heterocycles. The molecule has 5 nitrogen and oxygen atoms in total. The maximum absolute atomic E-state index is 12.9. The Balaban J connectivity index is 1.43.